The number of hydrogen-bond donors (Lipinski definition) is 1. The molecule has 0 atom stereocenters. The molecule has 0 amide bonds. The zero-order valence-corrected chi connectivity index (χ0v) is 13.7. The van der Waals surface area contributed by atoms with Crippen molar-refractivity contribution in [2.45, 2.75) is 65.8 Å². The molecule has 4 nitrogen and oxygen atoms in total. The summed E-state index contributed by atoms with van der Waals surface area (Å²) in [6.45, 7) is 14.9. The molecule has 0 saturated heterocycles. The third-order valence-corrected chi connectivity index (χ3v) is 2.52. The van der Waals surface area contributed by atoms with E-state index < -0.39 is 0 Å². The second kappa shape index (κ2) is 7.25. The van der Waals surface area contributed by atoms with Gasteiger partial charge in [0, 0.05) is 5.54 Å². The molecule has 0 unspecified atom stereocenters. The fourth-order valence-electron chi connectivity index (χ4n) is 1.53. The Morgan fingerprint density at radius 2 is 1.65 bits per heavy atom. The van der Waals surface area contributed by atoms with Gasteiger partial charge in [-0.2, -0.15) is 0 Å². The first-order valence-corrected chi connectivity index (χ1v) is 7.20. The Bertz CT molecular complexity index is 385. The highest BCUT2D eigenvalue weighted by atomic mass is 16.5. The number of hydrogen-bond acceptors (Lipinski definition) is 4. The molecule has 0 aliphatic rings. The Morgan fingerprint density at radius 1 is 1.00 bits per heavy atom. The van der Waals surface area contributed by atoms with Gasteiger partial charge in [0.15, 0.2) is 0 Å². The molecule has 0 fully saturated rings. The smallest absolute Gasteiger partial charge is 0.129 e. The van der Waals surface area contributed by atoms with Gasteiger partial charge >= 0.3 is 0 Å². The molecular formula is C16H29NO3. The molecule has 0 aliphatic carbocycles. The second-order valence-electron chi connectivity index (χ2n) is 6.98. The first-order chi connectivity index (χ1) is 9.16. The molecule has 1 rings (SSSR count). The van der Waals surface area contributed by atoms with Crippen LogP contribution in [-0.2, 0) is 22.6 Å². The monoisotopic (exact) mass is 283 g/mol. The molecule has 0 saturated carbocycles. The third kappa shape index (κ3) is 8.35. The summed E-state index contributed by atoms with van der Waals surface area (Å²) in [5.74, 6) is 1.79. The fraction of sp³-hybridized carbons (Fsp3) is 0.750. The molecule has 0 aliphatic heterocycles. The summed E-state index contributed by atoms with van der Waals surface area (Å²) < 4.78 is 16.8. The van der Waals surface area contributed by atoms with Crippen molar-refractivity contribution in [2.75, 3.05) is 13.2 Å². The van der Waals surface area contributed by atoms with Crippen molar-refractivity contribution in [3.63, 3.8) is 0 Å². The van der Waals surface area contributed by atoms with Gasteiger partial charge in [-0.3, -0.25) is 0 Å². The molecule has 1 N–H and O–H groups in total. The highest BCUT2D eigenvalue weighted by Crippen LogP contribution is 2.11. The van der Waals surface area contributed by atoms with E-state index in [4.69, 9.17) is 13.9 Å². The maximum atomic E-state index is 5.70. The van der Waals surface area contributed by atoms with E-state index in [0.717, 1.165) is 18.1 Å². The van der Waals surface area contributed by atoms with Gasteiger partial charge in [0.1, 0.15) is 18.1 Å². The quantitative estimate of drug-likeness (QED) is 0.778. The molecule has 1 aromatic rings. The van der Waals surface area contributed by atoms with Crippen molar-refractivity contribution >= 4 is 0 Å². The van der Waals surface area contributed by atoms with Gasteiger partial charge in [0.2, 0.25) is 0 Å². The maximum absolute atomic E-state index is 5.70. The molecule has 116 valence electrons. The molecule has 1 heterocycles. The second-order valence-corrected chi connectivity index (χ2v) is 6.98. The maximum Gasteiger partial charge on any atom is 0.129 e. The standard InChI is InChI=1S/C16H29NO3/c1-15(2,3)17-11-13-7-8-14(20-13)12-18-9-10-19-16(4,5)6/h7-8,17H,9-12H2,1-6H3. The molecule has 1 aromatic heterocycles. The Balaban J connectivity index is 2.20. The van der Waals surface area contributed by atoms with Crippen LogP contribution in [0.1, 0.15) is 53.1 Å². The number of nitrogens with one attached hydrogen (secondary N) is 1. The van der Waals surface area contributed by atoms with Crippen molar-refractivity contribution in [3.05, 3.63) is 23.7 Å². The highest BCUT2D eigenvalue weighted by molar-refractivity contribution is 5.06. The van der Waals surface area contributed by atoms with Gasteiger partial charge in [-0.05, 0) is 53.7 Å². The van der Waals surface area contributed by atoms with Crippen molar-refractivity contribution in [2.24, 2.45) is 0 Å². The summed E-state index contributed by atoms with van der Waals surface area (Å²) in [7, 11) is 0. The molecule has 20 heavy (non-hydrogen) atoms. The molecule has 0 spiro atoms. The van der Waals surface area contributed by atoms with E-state index in [1.54, 1.807) is 0 Å². The SMILES string of the molecule is CC(C)(C)NCc1ccc(COCCOC(C)(C)C)o1. The Kier molecular flexibility index (Phi) is 6.24. The lowest BCUT2D eigenvalue weighted by molar-refractivity contribution is -0.0395. The molecule has 0 aromatic carbocycles. The van der Waals surface area contributed by atoms with Crippen LogP contribution in [0, 0.1) is 0 Å². The van der Waals surface area contributed by atoms with Gasteiger partial charge in [0.05, 0.1) is 25.4 Å². The van der Waals surface area contributed by atoms with Crippen LogP contribution < -0.4 is 5.32 Å². The minimum absolute atomic E-state index is 0.0910. The summed E-state index contributed by atoms with van der Waals surface area (Å²) in [5.41, 5.74) is -0.0203. The largest absolute Gasteiger partial charge is 0.462 e. The Labute approximate surface area is 122 Å². The van der Waals surface area contributed by atoms with Crippen LogP contribution in [0.5, 0.6) is 0 Å². The minimum atomic E-state index is -0.111. The summed E-state index contributed by atoms with van der Waals surface area (Å²) in [4.78, 5) is 0. The first kappa shape index (κ1) is 17.2. The zero-order valence-electron chi connectivity index (χ0n) is 13.7. The van der Waals surface area contributed by atoms with E-state index in [1.807, 2.05) is 32.9 Å². The molecule has 4 heteroatoms. The van der Waals surface area contributed by atoms with E-state index in [0.29, 0.717) is 19.8 Å². The van der Waals surface area contributed by atoms with Gasteiger partial charge in [-0.25, -0.2) is 0 Å². The third-order valence-electron chi connectivity index (χ3n) is 2.52. The molecular weight excluding hydrogens is 254 g/mol. The summed E-state index contributed by atoms with van der Waals surface area (Å²) in [6.07, 6.45) is 0. The van der Waals surface area contributed by atoms with E-state index in [2.05, 4.69) is 26.1 Å². The summed E-state index contributed by atoms with van der Waals surface area (Å²) in [6, 6.07) is 3.95. The first-order valence-electron chi connectivity index (χ1n) is 7.20. The topological polar surface area (TPSA) is 43.6 Å². The van der Waals surface area contributed by atoms with Gasteiger partial charge in [0.25, 0.3) is 0 Å². The van der Waals surface area contributed by atoms with Crippen LogP contribution in [0.15, 0.2) is 16.5 Å². The lowest BCUT2D eigenvalue weighted by atomic mass is 10.1. The van der Waals surface area contributed by atoms with Crippen molar-refractivity contribution < 1.29 is 13.9 Å². The number of furan rings is 1. The summed E-state index contributed by atoms with van der Waals surface area (Å²) in [5, 5.41) is 3.39. The van der Waals surface area contributed by atoms with Crippen LogP contribution in [0.2, 0.25) is 0 Å². The average molecular weight is 283 g/mol. The molecule has 0 radical (unpaired) electrons. The van der Waals surface area contributed by atoms with E-state index in [-0.39, 0.29) is 11.1 Å². The van der Waals surface area contributed by atoms with Crippen LogP contribution >= 0.6 is 0 Å². The van der Waals surface area contributed by atoms with Crippen LogP contribution in [0.25, 0.3) is 0 Å². The van der Waals surface area contributed by atoms with E-state index in [9.17, 15) is 0 Å². The van der Waals surface area contributed by atoms with Gasteiger partial charge < -0.3 is 19.2 Å². The predicted molar refractivity (Wildman–Crippen MR) is 80.7 cm³/mol. The van der Waals surface area contributed by atoms with Crippen LogP contribution in [-0.4, -0.2) is 24.4 Å². The van der Waals surface area contributed by atoms with Crippen LogP contribution in [0.4, 0.5) is 0 Å². The van der Waals surface area contributed by atoms with Crippen molar-refractivity contribution in [1.82, 2.24) is 5.32 Å². The van der Waals surface area contributed by atoms with Gasteiger partial charge in [-0.15, -0.1) is 0 Å². The lowest BCUT2D eigenvalue weighted by Gasteiger charge is -2.19. The van der Waals surface area contributed by atoms with Crippen molar-refractivity contribution in [1.29, 1.82) is 0 Å². The van der Waals surface area contributed by atoms with E-state index in [1.165, 1.54) is 0 Å². The zero-order chi connectivity index (χ0) is 15.2. The van der Waals surface area contributed by atoms with E-state index >= 15 is 0 Å². The number of rotatable bonds is 7. The van der Waals surface area contributed by atoms with Crippen LogP contribution in [0.3, 0.4) is 0 Å². The highest BCUT2D eigenvalue weighted by Gasteiger charge is 2.11. The predicted octanol–water partition coefficient (Wildman–Crippen LogP) is 3.50. The fourth-order valence-corrected chi connectivity index (χ4v) is 1.53. The van der Waals surface area contributed by atoms with Gasteiger partial charge in [-0.1, -0.05) is 0 Å². The lowest BCUT2D eigenvalue weighted by Crippen LogP contribution is -2.34. The minimum Gasteiger partial charge on any atom is -0.462 e. The normalized spacial score (nSPS) is 12.9. The average Bonchev–Trinajstić information content (AvgIpc) is 2.71. The summed E-state index contributed by atoms with van der Waals surface area (Å²) >= 11 is 0. The Morgan fingerprint density at radius 3 is 2.25 bits per heavy atom. The van der Waals surface area contributed by atoms with Crippen molar-refractivity contribution in [3.8, 4) is 0 Å². The molecule has 0 bridgehead atoms. The Hall–Kier alpha value is -0.840. The number of ether oxygens (including phenoxy) is 2.